The Morgan fingerprint density at radius 1 is 0.812 bits per heavy atom. The van der Waals surface area contributed by atoms with Gasteiger partial charge in [0.05, 0.1) is 5.41 Å². The van der Waals surface area contributed by atoms with Crippen LogP contribution in [0.15, 0.2) is 48.5 Å². The molecule has 32 heavy (non-hydrogen) atoms. The van der Waals surface area contributed by atoms with Crippen molar-refractivity contribution in [2.45, 2.75) is 92.6 Å². The van der Waals surface area contributed by atoms with Crippen molar-refractivity contribution in [3.8, 4) is 11.5 Å². The van der Waals surface area contributed by atoms with E-state index in [0.29, 0.717) is 11.7 Å². The lowest BCUT2D eigenvalue weighted by atomic mass is 9.82. The topological polar surface area (TPSA) is 35.5 Å². The summed E-state index contributed by atoms with van der Waals surface area (Å²) in [4.78, 5) is 12.7. The van der Waals surface area contributed by atoms with Crippen molar-refractivity contribution in [1.29, 1.82) is 0 Å². The molecule has 0 aliphatic carbocycles. The molecule has 0 spiro atoms. The predicted molar refractivity (Wildman–Crippen MR) is 134 cm³/mol. The summed E-state index contributed by atoms with van der Waals surface area (Å²) in [5.41, 5.74) is 1.88. The second-order valence-corrected chi connectivity index (χ2v) is 10.1. The number of carbonyl (C=O) groups is 1. The predicted octanol–water partition coefficient (Wildman–Crippen LogP) is 8.16. The Morgan fingerprint density at radius 2 is 1.31 bits per heavy atom. The molecule has 0 radical (unpaired) electrons. The van der Waals surface area contributed by atoms with Crippen LogP contribution in [0.25, 0.3) is 0 Å². The second-order valence-electron chi connectivity index (χ2n) is 10.1. The van der Waals surface area contributed by atoms with Crippen LogP contribution in [0.1, 0.15) is 98.1 Å². The van der Waals surface area contributed by atoms with Gasteiger partial charge in [-0.3, -0.25) is 4.79 Å². The van der Waals surface area contributed by atoms with Crippen LogP contribution in [0.5, 0.6) is 11.5 Å². The normalized spacial score (nSPS) is 14.7. The zero-order valence-electron chi connectivity index (χ0n) is 21.3. The molecule has 0 saturated carbocycles. The van der Waals surface area contributed by atoms with Crippen LogP contribution in [-0.2, 0) is 4.79 Å². The fourth-order valence-corrected chi connectivity index (χ4v) is 4.05. The van der Waals surface area contributed by atoms with Gasteiger partial charge in [0.2, 0.25) is 0 Å². The Bertz CT molecular complexity index is 849. The number of carbonyl (C=O) groups excluding carboxylic acids is 1. The molecule has 2 unspecified atom stereocenters. The third kappa shape index (κ3) is 6.60. The number of hydrogen-bond donors (Lipinski definition) is 0. The molecule has 0 amide bonds. The molecule has 3 nitrogen and oxygen atoms in total. The Balaban J connectivity index is 2.19. The zero-order chi connectivity index (χ0) is 23.9. The number of hydrogen-bond acceptors (Lipinski definition) is 3. The summed E-state index contributed by atoms with van der Waals surface area (Å²) in [7, 11) is 0. The van der Waals surface area contributed by atoms with Crippen molar-refractivity contribution < 1.29 is 14.3 Å². The molecule has 0 saturated heterocycles. The fraction of sp³-hybridized carbons (Fsp3) is 0.552. The Kier molecular flexibility index (Phi) is 8.95. The maximum absolute atomic E-state index is 12.7. The van der Waals surface area contributed by atoms with E-state index in [0.717, 1.165) is 31.4 Å². The van der Waals surface area contributed by atoms with Gasteiger partial charge in [-0.1, -0.05) is 65.3 Å². The van der Waals surface area contributed by atoms with Gasteiger partial charge in [0, 0.05) is 5.92 Å². The Labute approximate surface area is 195 Å². The van der Waals surface area contributed by atoms with Crippen molar-refractivity contribution in [3.63, 3.8) is 0 Å². The molecular weight excluding hydrogens is 396 g/mol. The number of esters is 1. The van der Waals surface area contributed by atoms with E-state index in [4.69, 9.17) is 9.47 Å². The van der Waals surface area contributed by atoms with Gasteiger partial charge in [-0.2, -0.15) is 0 Å². The average Bonchev–Trinajstić information content (AvgIpc) is 2.76. The quantitative estimate of drug-likeness (QED) is 0.262. The molecule has 3 heteroatoms. The van der Waals surface area contributed by atoms with Gasteiger partial charge in [0.25, 0.3) is 0 Å². The summed E-state index contributed by atoms with van der Waals surface area (Å²) in [6.07, 6.45) is 3.54. The fourth-order valence-electron chi connectivity index (χ4n) is 4.05. The maximum Gasteiger partial charge on any atom is 0.317 e. The second kappa shape index (κ2) is 11.0. The van der Waals surface area contributed by atoms with E-state index in [1.165, 1.54) is 11.1 Å². The monoisotopic (exact) mass is 438 g/mol. The third-order valence-electron chi connectivity index (χ3n) is 6.68. The molecule has 2 atom stereocenters. The zero-order valence-corrected chi connectivity index (χ0v) is 21.3. The molecule has 2 aromatic rings. The summed E-state index contributed by atoms with van der Waals surface area (Å²) in [5.74, 6) is 2.06. The standard InChI is InChI=1S/C29H42O3/c1-9-20-29(8,11-3)27(30)31-24-16-12-22(13-17-24)26(21(4)5)23-14-18-25(19-15-23)32-28(6,7)10-2/h12-19,21,26H,9-11,20H2,1-8H3. The van der Waals surface area contributed by atoms with Crippen LogP contribution < -0.4 is 9.47 Å². The minimum absolute atomic E-state index is 0.138. The molecule has 0 fully saturated rings. The van der Waals surface area contributed by atoms with Crippen LogP contribution in [0.3, 0.4) is 0 Å². The summed E-state index contributed by atoms with van der Waals surface area (Å²) in [5, 5.41) is 0. The van der Waals surface area contributed by atoms with E-state index in [9.17, 15) is 4.79 Å². The van der Waals surface area contributed by atoms with E-state index in [1.807, 2.05) is 26.0 Å². The Hall–Kier alpha value is -2.29. The maximum atomic E-state index is 12.7. The van der Waals surface area contributed by atoms with Crippen molar-refractivity contribution in [2.75, 3.05) is 0 Å². The summed E-state index contributed by atoms with van der Waals surface area (Å²) in [6, 6.07) is 16.5. The molecule has 176 valence electrons. The number of benzene rings is 2. The highest BCUT2D eigenvalue weighted by Crippen LogP contribution is 2.35. The molecule has 0 bridgehead atoms. The lowest BCUT2D eigenvalue weighted by Gasteiger charge is -2.26. The molecule has 0 aliphatic rings. The highest BCUT2D eigenvalue weighted by Gasteiger charge is 2.32. The highest BCUT2D eigenvalue weighted by molar-refractivity contribution is 5.78. The average molecular weight is 439 g/mol. The van der Waals surface area contributed by atoms with E-state index in [-0.39, 0.29) is 17.5 Å². The molecule has 2 aromatic carbocycles. The van der Waals surface area contributed by atoms with E-state index in [1.54, 1.807) is 0 Å². The van der Waals surface area contributed by atoms with Gasteiger partial charge in [0.15, 0.2) is 0 Å². The molecule has 0 aromatic heterocycles. The first kappa shape index (κ1) is 26.0. The van der Waals surface area contributed by atoms with Gasteiger partial charge in [-0.05, 0) is 81.3 Å². The van der Waals surface area contributed by atoms with Gasteiger partial charge >= 0.3 is 5.97 Å². The molecular formula is C29H42O3. The van der Waals surface area contributed by atoms with E-state index in [2.05, 4.69) is 77.9 Å². The largest absolute Gasteiger partial charge is 0.488 e. The summed E-state index contributed by atoms with van der Waals surface area (Å²) in [6.45, 7) is 17.0. The smallest absolute Gasteiger partial charge is 0.317 e. The van der Waals surface area contributed by atoms with Crippen molar-refractivity contribution in [3.05, 3.63) is 59.7 Å². The van der Waals surface area contributed by atoms with Gasteiger partial charge in [-0.15, -0.1) is 0 Å². The summed E-state index contributed by atoms with van der Waals surface area (Å²) < 4.78 is 11.9. The van der Waals surface area contributed by atoms with Crippen molar-refractivity contribution in [1.82, 2.24) is 0 Å². The lowest BCUT2D eigenvalue weighted by Crippen LogP contribution is -2.31. The summed E-state index contributed by atoms with van der Waals surface area (Å²) >= 11 is 0. The van der Waals surface area contributed by atoms with Crippen LogP contribution in [0, 0.1) is 11.3 Å². The van der Waals surface area contributed by atoms with E-state index >= 15 is 0 Å². The third-order valence-corrected chi connectivity index (χ3v) is 6.68. The first-order chi connectivity index (χ1) is 15.0. The van der Waals surface area contributed by atoms with Crippen LogP contribution in [0.2, 0.25) is 0 Å². The molecule has 2 rings (SSSR count). The van der Waals surface area contributed by atoms with Gasteiger partial charge < -0.3 is 9.47 Å². The first-order valence-corrected chi connectivity index (χ1v) is 12.2. The van der Waals surface area contributed by atoms with Crippen LogP contribution in [-0.4, -0.2) is 11.6 Å². The Morgan fingerprint density at radius 3 is 1.72 bits per heavy atom. The molecule has 0 heterocycles. The highest BCUT2D eigenvalue weighted by atomic mass is 16.5. The minimum Gasteiger partial charge on any atom is -0.488 e. The van der Waals surface area contributed by atoms with Crippen molar-refractivity contribution in [2.24, 2.45) is 11.3 Å². The van der Waals surface area contributed by atoms with Crippen molar-refractivity contribution >= 4 is 5.97 Å². The SMILES string of the molecule is CCCC(C)(CC)C(=O)Oc1ccc(C(c2ccc(OC(C)(C)CC)cc2)C(C)C)cc1. The lowest BCUT2D eigenvalue weighted by molar-refractivity contribution is -0.145. The van der Waals surface area contributed by atoms with Crippen LogP contribution in [0.4, 0.5) is 0 Å². The molecule has 0 aliphatic heterocycles. The van der Waals surface area contributed by atoms with Crippen LogP contribution >= 0.6 is 0 Å². The van der Waals surface area contributed by atoms with E-state index < -0.39 is 5.41 Å². The molecule has 0 N–H and O–H groups in total. The van der Waals surface area contributed by atoms with Gasteiger partial charge in [-0.25, -0.2) is 0 Å². The first-order valence-electron chi connectivity index (χ1n) is 12.2. The number of rotatable bonds is 11. The van der Waals surface area contributed by atoms with Gasteiger partial charge in [0.1, 0.15) is 17.1 Å². The minimum atomic E-state index is -0.427. The number of ether oxygens (including phenoxy) is 2.